The van der Waals surface area contributed by atoms with Gasteiger partial charge in [0.15, 0.2) is 0 Å². The van der Waals surface area contributed by atoms with Crippen LogP contribution in [0.1, 0.15) is 53.5 Å². The lowest BCUT2D eigenvalue weighted by Gasteiger charge is -2.31. The number of carbonyl (C=O) groups is 2. The van der Waals surface area contributed by atoms with E-state index < -0.39 is 17.6 Å². The summed E-state index contributed by atoms with van der Waals surface area (Å²) in [5.74, 6) is -0.812. The lowest BCUT2D eigenvalue weighted by Crippen LogP contribution is -2.38. The number of nitrogens with zero attached hydrogens (tertiary/aromatic N) is 2. The minimum atomic E-state index is -4.61. The third-order valence-corrected chi connectivity index (χ3v) is 6.85. The van der Waals surface area contributed by atoms with Crippen LogP contribution in [0.4, 0.5) is 13.2 Å². The van der Waals surface area contributed by atoms with E-state index in [2.05, 4.69) is 10.3 Å². The molecule has 2 aromatic heterocycles. The second-order valence-electron chi connectivity index (χ2n) is 7.96. The third-order valence-electron chi connectivity index (χ3n) is 5.84. The highest BCUT2D eigenvalue weighted by Gasteiger charge is 2.36. The number of aryl methyl sites for hydroxylation is 2. The first kappa shape index (κ1) is 23.0. The molecule has 0 fully saturated rings. The summed E-state index contributed by atoms with van der Waals surface area (Å²) in [7, 11) is 0. The topological polar surface area (TPSA) is 62.3 Å². The molecule has 1 N–H and O–H groups in total. The largest absolute Gasteiger partial charge is 0.417 e. The first-order valence-corrected chi connectivity index (χ1v) is 11.3. The van der Waals surface area contributed by atoms with Crippen molar-refractivity contribution >= 4 is 23.2 Å². The van der Waals surface area contributed by atoms with E-state index in [1.165, 1.54) is 34.4 Å². The van der Waals surface area contributed by atoms with E-state index in [9.17, 15) is 22.8 Å². The van der Waals surface area contributed by atoms with Crippen molar-refractivity contribution in [3.63, 3.8) is 0 Å². The molecule has 9 heteroatoms. The lowest BCUT2D eigenvalue weighted by molar-refractivity contribution is -0.138. The van der Waals surface area contributed by atoms with Crippen LogP contribution in [0, 0.1) is 13.8 Å². The summed E-state index contributed by atoms with van der Waals surface area (Å²) < 4.78 is 40.1. The Bertz CT molecular complexity index is 1220. The van der Waals surface area contributed by atoms with Gasteiger partial charge in [-0.1, -0.05) is 12.1 Å². The van der Waals surface area contributed by atoms with Gasteiger partial charge in [0.1, 0.15) is 0 Å². The number of thiophene rings is 1. The van der Waals surface area contributed by atoms with Gasteiger partial charge in [-0.3, -0.25) is 14.6 Å². The smallest absolute Gasteiger partial charge is 0.347 e. The number of hydrogen-bond acceptors (Lipinski definition) is 4. The standard InChI is InChI=1S/C24H22F3N3O2S/c1-14-8-10-33-21(14)22(31)29-12-19-15(2)28-11-16-13-30(9-7-17(16)19)23(32)18-5-3-4-6-20(18)24(25,26)27/h3-6,8,10-11H,7,9,12-13H2,1-2H3,(H,29,31). The summed E-state index contributed by atoms with van der Waals surface area (Å²) in [5.41, 5.74) is 3.05. The Morgan fingerprint density at radius 2 is 1.94 bits per heavy atom. The fourth-order valence-electron chi connectivity index (χ4n) is 4.07. The number of nitrogens with one attached hydrogen (secondary N) is 1. The monoisotopic (exact) mass is 473 g/mol. The molecule has 172 valence electrons. The highest BCUT2D eigenvalue weighted by molar-refractivity contribution is 7.12. The number of rotatable bonds is 4. The van der Waals surface area contributed by atoms with Crippen molar-refractivity contribution in [3.8, 4) is 0 Å². The van der Waals surface area contributed by atoms with E-state index in [0.717, 1.165) is 34.0 Å². The van der Waals surface area contributed by atoms with Gasteiger partial charge in [-0.05, 0) is 66.1 Å². The highest BCUT2D eigenvalue weighted by Crippen LogP contribution is 2.33. The number of amides is 2. The molecular formula is C24H22F3N3O2S. The second kappa shape index (κ2) is 8.97. The maximum absolute atomic E-state index is 13.4. The normalized spacial score (nSPS) is 13.5. The Labute approximate surface area is 193 Å². The molecule has 33 heavy (non-hydrogen) atoms. The molecule has 3 heterocycles. The lowest BCUT2D eigenvalue weighted by atomic mass is 9.94. The molecule has 0 aliphatic carbocycles. The molecule has 3 aromatic rings. The van der Waals surface area contributed by atoms with Gasteiger partial charge in [0.05, 0.1) is 16.0 Å². The Morgan fingerprint density at radius 1 is 1.18 bits per heavy atom. The molecule has 1 aromatic carbocycles. The van der Waals surface area contributed by atoms with Gasteiger partial charge >= 0.3 is 6.18 Å². The van der Waals surface area contributed by atoms with Gasteiger partial charge < -0.3 is 10.2 Å². The van der Waals surface area contributed by atoms with Gasteiger partial charge in [0.25, 0.3) is 11.8 Å². The first-order chi connectivity index (χ1) is 15.7. The van der Waals surface area contributed by atoms with E-state index in [4.69, 9.17) is 0 Å². The molecule has 1 aliphatic heterocycles. The van der Waals surface area contributed by atoms with E-state index in [0.29, 0.717) is 17.8 Å². The molecule has 0 saturated heterocycles. The highest BCUT2D eigenvalue weighted by atomic mass is 32.1. The average molecular weight is 474 g/mol. The van der Waals surface area contributed by atoms with Crippen molar-refractivity contribution in [2.45, 2.75) is 39.5 Å². The Kier molecular flexibility index (Phi) is 6.25. The third kappa shape index (κ3) is 4.64. The minimum Gasteiger partial charge on any atom is -0.347 e. The predicted octanol–water partition coefficient (Wildman–Crippen LogP) is 4.91. The van der Waals surface area contributed by atoms with Crippen LogP contribution in [0.15, 0.2) is 41.9 Å². The zero-order valence-corrected chi connectivity index (χ0v) is 18.9. The van der Waals surface area contributed by atoms with E-state index >= 15 is 0 Å². The number of pyridine rings is 1. The summed E-state index contributed by atoms with van der Waals surface area (Å²) in [6, 6.07) is 6.73. The van der Waals surface area contributed by atoms with Gasteiger partial charge in [-0.2, -0.15) is 13.2 Å². The number of benzene rings is 1. The number of fused-ring (bicyclic) bond motifs is 1. The molecule has 0 bridgehead atoms. The molecule has 5 nitrogen and oxygen atoms in total. The van der Waals surface area contributed by atoms with Crippen molar-refractivity contribution in [2.24, 2.45) is 0 Å². The van der Waals surface area contributed by atoms with Crippen molar-refractivity contribution in [1.82, 2.24) is 15.2 Å². The number of halogens is 3. The second-order valence-corrected chi connectivity index (χ2v) is 8.88. The Hall–Kier alpha value is -3.20. The first-order valence-electron chi connectivity index (χ1n) is 10.4. The van der Waals surface area contributed by atoms with Gasteiger partial charge in [0.2, 0.25) is 0 Å². The van der Waals surface area contributed by atoms with Crippen molar-refractivity contribution in [1.29, 1.82) is 0 Å². The number of alkyl halides is 3. The van der Waals surface area contributed by atoms with E-state index in [1.54, 1.807) is 6.20 Å². The summed E-state index contributed by atoms with van der Waals surface area (Å²) in [5, 5.41) is 4.81. The Balaban J connectivity index is 1.54. The summed E-state index contributed by atoms with van der Waals surface area (Å²) >= 11 is 1.38. The van der Waals surface area contributed by atoms with Gasteiger partial charge in [-0.15, -0.1) is 11.3 Å². The van der Waals surface area contributed by atoms with Crippen LogP contribution in [0.3, 0.4) is 0 Å². The van der Waals surface area contributed by atoms with Gasteiger partial charge in [-0.25, -0.2) is 0 Å². The SMILES string of the molecule is Cc1ccsc1C(=O)NCc1c(C)ncc2c1CCN(C(=O)c1ccccc1C(F)(F)F)C2. The van der Waals surface area contributed by atoms with Crippen LogP contribution < -0.4 is 5.32 Å². The van der Waals surface area contributed by atoms with Crippen LogP contribution in [0.25, 0.3) is 0 Å². The molecule has 4 rings (SSSR count). The predicted molar refractivity (Wildman–Crippen MR) is 119 cm³/mol. The summed E-state index contributed by atoms with van der Waals surface area (Å²) in [4.78, 5) is 32.0. The zero-order valence-electron chi connectivity index (χ0n) is 18.1. The molecule has 0 saturated carbocycles. The van der Waals surface area contributed by atoms with Crippen LogP contribution in [0.5, 0.6) is 0 Å². The Morgan fingerprint density at radius 3 is 2.64 bits per heavy atom. The molecule has 0 atom stereocenters. The van der Waals surface area contributed by atoms with Gasteiger partial charge in [0, 0.05) is 31.5 Å². The summed E-state index contributed by atoms with van der Waals surface area (Å²) in [6.07, 6.45) is -2.47. The van der Waals surface area contributed by atoms with Crippen molar-refractivity contribution in [2.75, 3.05) is 6.54 Å². The van der Waals surface area contributed by atoms with Crippen molar-refractivity contribution < 1.29 is 22.8 Å². The molecule has 0 unspecified atom stereocenters. The minimum absolute atomic E-state index is 0.157. The van der Waals surface area contributed by atoms with Crippen molar-refractivity contribution in [3.05, 3.63) is 85.9 Å². The molecule has 1 aliphatic rings. The van der Waals surface area contributed by atoms with E-state index in [1.807, 2.05) is 25.3 Å². The van der Waals surface area contributed by atoms with Crippen LogP contribution in [-0.4, -0.2) is 28.2 Å². The number of aromatic nitrogens is 1. The maximum atomic E-state index is 13.4. The molecule has 0 radical (unpaired) electrons. The maximum Gasteiger partial charge on any atom is 0.417 e. The number of carbonyl (C=O) groups excluding carboxylic acids is 2. The van der Waals surface area contributed by atoms with E-state index in [-0.39, 0.29) is 24.6 Å². The summed E-state index contributed by atoms with van der Waals surface area (Å²) in [6.45, 7) is 4.48. The zero-order chi connectivity index (χ0) is 23.8. The molecular weight excluding hydrogens is 451 g/mol. The van der Waals surface area contributed by atoms with Crippen LogP contribution in [0.2, 0.25) is 0 Å². The fraction of sp³-hybridized carbons (Fsp3) is 0.292. The molecule has 2 amide bonds. The number of hydrogen-bond donors (Lipinski definition) is 1. The van der Waals surface area contributed by atoms with Crippen LogP contribution >= 0.6 is 11.3 Å². The van der Waals surface area contributed by atoms with Crippen LogP contribution in [-0.2, 0) is 25.7 Å². The average Bonchev–Trinajstić information content (AvgIpc) is 3.22. The quantitative estimate of drug-likeness (QED) is 0.586. The fourth-order valence-corrected chi connectivity index (χ4v) is 4.91. The molecule has 0 spiro atoms.